The lowest BCUT2D eigenvalue weighted by molar-refractivity contribution is 0.483. The van der Waals surface area contributed by atoms with Crippen molar-refractivity contribution in [2.24, 2.45) is 5.92 Å². The maximum atomic E-state index is 4.39. The van der Waals surface area contributed by atoms with Crippen molar-refractivity contribution in [3.63, 3.8) is 0 Å². The minimum absolute atomic E-state index is 0.459. The van der Waals surface area contributed by atoms with Gasteiger partial charge in [-0.25, -0.2) is 0 Å². The fraction of sp³-hybridized carbons (Fsp3) is 0.571. The lowest BCUT2D eigenvalue weighted by Gasteiger charge is -2.22. The molecule has 96 valence electrons. The van der Waals surface area contributed by atoms with Crippen LogP contribution in [0, 0.1) is 5.92 Å². The van der Waals surface area contributed by atoms with E-state index < -0.39 is 0 Å². The Hall–Kier alpha value is -1.16. The van der Waals surface area contributed by atoms with E-state index >= 15 is 0 Å². The van der Waals surface area contributed by atoms with Crippen LogP contribution in [0.5, 0.6) is 0 Å². The summed E-state index contributed by atoms with van der Waals surface area (Å²) in [6, 6.07) is 2.28. The van der Waals surface area contributed by atoms with Crippen LogP contribution < -0.4 is 0 Å². The van der Waals surface area contributed by atoms with Crippen molar-refractivity contribution in [3.8, 4) is 0 Å². The highest BCUT2D eigenvalue weighted by Crippen LogP contribution is 2.38. The summed E-state index contributed by atoms with van der Waals surface area (Å²) in [4.78, 5) is 1.55. The molecule has 0 N–H and O–H groups in total. The Morgan fingerprint density at radius 3 is 3.22 bits per heavy atom. The first-order chi connectivity index (χ1) is 8.75. The molecule has 1 aliphatic rings. The Labute approximate surface area is 112 Å². The highest BCUT2D eigenvalue weighted by molar-refractivity contribution is 7.10. The molecule has 2 aromatic heterocycles. The molecule has 0 saturated carbocycles. The van der Waals surface area contributed by atoms with Crippen molar-refractivity contribution >= 4 is 11.3 Å². The first-order valence-corrected chi connectivity index (χ1v) is 7.57. The molecule has 0 aliphatic heterocycles. The van der Waals surface area contributed by atoms with Gasteiger partial charge >= 0.3 is 0 Å². The van der Waals surface area contributed by atoms with Crippen LogP contribution >= 0.6 is 11.3 Å². The summed E-state index contributed by atoms with van der Waals surface area (Å²) in [6.45, 7) is 5.49. The molecule has 0 bridgehead atoms. The number of nitrogens with zero attached hydrogens (tertiary/aromatic N) is 3. The van der Waals surface area contributed by atoms with Crippen LogP contribution in [0.25, 0.3) is 0 Å². The molecular formula is C14H19N3S. The van der Waals surface area contributed by atoms with Gasteiger partial charge in [0.2, 0.25) is 0 Å². The molecule has 2 heterocycles. The van der Waals surface area contributed by atoms with Gasteiger partial charge in [0.1, 0.15) is 12.2 Å². The van der Waals surface area contributed by atoms with Gasteiger partial charge in [0.05, 0.1) is 0 Å². The maximum Gasteiger partial charge on any atom is 0.140 e. The largest absolute Gasteiger partial charge is 0.317 e. The summed E-state index contributed by atoms with van der Waals surface area (Å²) < 4.78 is 2.24. The van der Waals surface area contributed by atoms with E-state index in [0.717, 1.165) is 12.4 Å². The topological polar surface area (TPSA) is 30.7 Å². The van der Waals surface area contributed by atoms with E-state index in [4.69, 9.17) is 0 Å². The molecule has 3 nitrogen and oxygen atoms in total. The second-order valence-electron chi connectivity index (χ2n) is 5.48. The van der Waals surface area contributed by atoms with Crippen molar-refractivity contribution in [1.82, 2.24) is 14.8 Å². The number of fused-ring (bicyclic) bond motifs is 1. The third kappa shape index (κ3) is 2.09. The van der Waals surface area contributed by atoms with Crippen LogP contribution in [0.2, 0.25) is 0 Å². The predicted molar refractivity (Wildman–Crippen MR) is 74.0 cm³/mol. The Balaban J connectivity index is 1.95. The van der Waals surface area contributed by atoms with Gasteiger partial charge in [-0.3, -0.25) is 0 Å². The first kappa shape index (κ1) is 11.9. The van der Waals surface area contributed by atoms with Crippen LogP contribution in [-0.2, 0) is 13.0 Å². The zero-order chi connectivity index (χ0) is 12.5. The predicted octanol–water partition coefficient (Wildman–Crippen LogP) is 3.46. The van der Waals surface area contributed by atoms with Gasteiger partial charge in [-0.05, 0) is 42.2 Å². The smallest absolute Gasteiger partial charge is 0.140 e. The molecule has 0 fully saturated rings. The van der Waals surface area contributed by atoms with Crippen molar-refractivity contribution < 1.29 is 0 Å². The van der Waals surface area contributed by atoms with Gasteiger partial charge in [-0.2, -0.15) is 0 Å². The zero-order valence-corrected chi connectivity index (χ0v) is 11.8. The third-order valence-electron chi connectivity index (χ3n) is 3.57. The standard InChI is InChI=1S/C14H19N3S/c1-10(2)8-17-9-15-16-14(17)12-4-3-5-13-11(12)6-7-18-13/h6-7,9-10,12H,3-5,8H2,1-2H3. The molecule has 1 unspecified atom stereocenters. The van der Waals surface area contributed by atoms with E-state index in [1.807, 2.05) is 17.7 Å². The van der Waals surface area contributed by atoms with E-state index in [1.165, 1.54) is 24.8 Å². The van der Waals surface area contributed by atoms with Crippen molar-refractivity contribution in [2.75, 3.05) is 0 Å². The summed E-state index contributed by atoms with van der Waals surface area (Å²) >= 11 is 1.89. The highest BCUT2D eigenvalue weighted by Gasteiger charge is 2.26. The molecule has 0 aromatic carbocycles. The first-order valence-electron chi connectivity index (χ1n) is 6.69. The summed E-state index contributed by atoms with van der Waals surface area (Å²) in [5, 5.41) is 10.7. The van der Waals surface area contributed by atoms with Crippen LogP contribution in [0.3, 0.4) is 0 Å². The second kappa shape index (κ2) is 4.84. The minimum atomic E-state index is 0.459. The molecule has 0 radical (unpaired) electrons. The van der Waals surface area contributed by atoms with Gasteiger partial charge < -0.3 is 4.57 Å². The summed E-state index contributed by atoms with van der Waals surface area (Å²) in [7, 11) is 0. The highest BCUT2D eigenvalue weighted by atomic mass is 32.1. The van der Waals surface area contributed by atoms with Gasteiger partial charge in [0, 0.05) is 17.3 Å². The normalized spacial score (nSPS) is 19.2. The van der Waals surface area contributed by atoms with E-state index in [1.54, 1.807) is 4.88 Å². The molecule has 18 heavy (non-hydrogen) atoms. The number of aryl methyl sites for hydroxylation is 1. The average Bonchev–Trinajstić information content (AvgIpc) is 2.95. The molecule has 0 amide bonds. The molecule has 4 heteroatoms. The molecule has 0 saturated heterocycles. The monoisotopic (exact) mass is 261 g/mol. The Morgan fingerprint density at radius 2 is 2.39 bits per heavy atom. The zero-order valence-electron chi connectivity index (χ0n) is 11.0. The van der Waals surface area contributed by atoms with Crippen LogP contribution in [0.4, 0.5) is 0 Å². The van der Waals surface area contributed by atoms with Crippen molar-refractivity contribution in [1.29, 1.82) is 0 Å². The van der Waals surface area contributed by atoms with Crippen LogP contribution in [-0.4, -0.2) is 14.8 Å². The molecular weight excluding hydrogens is 242 g/mol. The van der Waals surface area contributed by atoms with E-state index in [-0.39, 0.29) is 0 Å². The third-order valence-corrected chi connectivity index (χ3v) is 4.57. The summed E-state index contributed by atoms with van der Waals surface area (Å²) in [6.07, 6.45) is 5.60. The van der Waals surface area contributed by atoms with Crippen molar-refractivity contribution in [2.45, 2.75) is 45.6 Å². The van der Waals surface area contributed by atoms with Gasteiger partial charge in [-0.15, -0.1) is 21.5 Å². The van der Waals surface area contributed by atoms with Crippen LogP contribution in [0.1, 0.15) is 48.9 Å². The van der Waals surface area contributed by atoms with Crippen LogP contribution in [0.15, 0.2) is 17.8 Å². The summed E-state index contributed by atoms with van der Waals surface area (Å²) in [5.74, 6) is 2.24. The second-order valence-corrected chi connectivity index (χ2v) is 6.48. The van der Waals surface area contributed by atoms with E-state index in [2.05, 4.69) is 40.1 Å². The van der Waals surface area contributed by atoms with E-state index in [0.29, 0.717) is 11.8 Å². The number of hydrogen-bond acceptors (Lipinski definition) is 3. The fourth-order valence-electron chi connectivity index (χ4n) is 2.82. The Morgan fingerprint density at radius 1 is 1.50 bits per heavy atom. The van der Waals surface area contributed by atoms with Gasteiger partial charge in [0.25, 0.3) is 0 Å². The average molecular weight is 261 g/mol. The quantitative estimate of drug-likeness (QED) is 0.847. The Bertz CT molecular complexity index is 527. The molecule has 0 spiro atoms. The summed E-state index contributed by atoms with van der Waals surface area (Å²) in [5.41, 5.74) is 1.49. The lowest BCUT2D eigenvalue weighted by atomic mass is 9.87. The molecule has 2 aromatic rings. The Kier molecular flexibility index (Phi) is 3.20. The number of thiophene rings is 1. The maximum absolute atomic E-state index is 4.39. The molecule has 1 atom stereocenters. The number of aromatic nitrogens is 3. The minimum Gasteiger partial charge on any atom is -0.317 e. The fourth-order valence-corrected chi connectivity index (χ4v) is 3.81. The molecule has 3 rings (SSSR count). The van der Waals surface area contributed by atoms with Crippen molar-refractivity contribution in [3.05, 3.63) is 34.0 Å². The number of rotatable bonds is 3. The number of hydrogen-bond donors (Lipinski definition) is 0. The molecule has 1 aliphatic carbocycles. The van der Waals surface area contributed by atoms with Gasteiger partial charge in [0.15, 0.2) is 0 Å². The SMILES string of the molecule is CC(C)Cn1cnnc1C1CCCc2sccc21. The van der Waals surface area contributed by atoms with Gasteiger partial charge in [-0.1, -0.05) is 13.8 Å². The lowest BCUT2D eigenvalue weighted by Crippen LogP contribution is -2.16. The van der Waals surface area contributed by atoms with E-state index in [9.17, 15) is 0 Å².